The van der Waals surface area contributed by atoms with Crippen LogP contribution in [0.5, 0.6) is 0 Å². The van der Waals surface area contributed by atoms with E-state index in [4.69, 9.17) is 8.94 Å². The van der Waals surface area contributed by atoms with Gasteiger partial charge in [-0.05, 0) is 41.0 Å². The van der Waals surface area contributed by atoms with E-state index < -0.39 is 10.0 Å². The van der Waals surface area contributed by atoms with Gasteiger partial charge in [-0.3, -0.25) is 4.79 Å². The van der Waals surface area contributed by atoms with E-state index in [-0.39, 0.29) is 23.1 Å². The summed E-state index contributed by atoms with van der Waals surface area (Å²) in [5.41, 5.74) is 1.77. The Hall–Kier alpha value is -2.13. The third kappa shape index (κ3) is 3.41. The van der Waals surface area contributed by atoms with E-state index in [9.17, 15) is 13.2 Å². The molecular formula is C18H25N3O5S. The molecule has 8 nitrogen and oxygen atoms in total. The van der Waals surface area contributed by atoms with Crippen LogP contribution in [0.2, 0.25) is 0 Å². The zero-order chi connectivity index (χ0) is 19.9. The summed E-state index contributed by atoms with van der Waals surface area (Å²) < 4.78 is 38.0. The highest BCUT2D eigenvalue weighted by Gasteiger charge is 2.33. The topological polar surface area (TPSA) is 96.9 Å². The summed E-state index contributed by atoms with van der Waals surface area (Å²) in [6, 6.07) is 0. The second-order valence-electron chi connectivity index (χ2n) is 6.92. The maximum atomic E-state index is 13.0. The molecule has 0 N–H and O–H groups in total. The molecule has 1 fully saturated rings. The van der Waals surface area contributed by atoms with Gasteiger partial charge in [0.2, 0.25) is 10.0 Å². The van der Waals surface area contributed by atoms with Crippen LogP contribution >= 0.6 is 0 Å². The van der Waals surface area contributed by atoms with E-state index in [1.54, 1.807) is 25.7 Å². The van der Waals surface area contributed by atoms with E-state index >= 15 is 0 Å². The van der Waals surface area contributed by atoms with Gasteiger partial charge in [0, 0.05) is 31.7 Å². The van der Waals surface area contributed by atoms with Crippen molar-refractivity contribution in [3.63, 3.8) is 0 Å². The molecule has 1 saturated heterocycles. The van der Waals surface area contributed by atoms with Crippen molar-refractivity contribution < 1.29 is 22.2 Å². The van der Waals surface area contributed by atoms with E-state index in [1.165, 1.54) is 4.31 Å². The lowest BCUT2D eigenvalue weighted by Gasteiger charge is -2.22. The third-order valence-corrected chi connectivity index (χ3v) is 7.23. The lowest BCUT2D eigenvalue weighted by Crippen LogP contribution is -2.37. The average Bonchev–Trinajstić information content (AvgIpc) is 2.93. The normalized spacial score (nSPS) is 16.6. The van der Waals surface area contributed by atoms with Crippen LogP contribution in [0, 0.1) is 34.6 Å². The van der Waals surface area contributed by atoms with Gasteiger partial charge < -0.3 is 13.8 Å². The number of aryl methyl sites for hydroxylation is 4. The second kappa shape index (κ2) is 7.12. The van der Waals surface area contributed by atoms with E-state index in [1.807, 2.05) is 13.8 Å². The van der Waals surface area contributed by atoms with Crippen molar-refractivity contribution in [1.29, 1.82) is 0 Å². The SMILES string of the molecule is Cc1noc(C)c1S(=O)(=O)N1CCCN(C(=O)c2c(C)oc(C)c2C)CC1. The lowest BCUT2D eigenvalue weighted by atomic mass is 10.1. The van der Waals surface area contributed by atoms with Gasteiger partial charge in [-0.1, -0.05) is 5.16 Å². The molecule has 0 atom stereocenters. The summed E-state index contributed by atoms with van der Waals surface area (Å²) in [4.78, 5) is 14.8. The van der Waals surface area contributed by atoms with Crippen LogP contribution in [-0.2, 0) is 10.0 Å². The third-order valence-electron chi connectivity index (χ3n) is 5.08. The summed E-state index contributed by atoms with van der Waals surface area (Å²) in [6.45, 7) is 10.1. The van der Waals surface area contributed by atoms with Crippen LogP contribution in [0.4, 0.5) is 0 Å². The van der Waals surface area contributed by atoms with Crippen molar-refractivity contribution in [2.75, 3.05) is 26.2 Å². The van der Waals surface area contributed by atoms with Gasteiger partial charge >= 0.3 is 0 Å². The number of carbonyl (C=O) groups is 1. The molecule has 1 aliphatic heterocycles. The van der Waals surface area contributed by atoms with Gasteiger partial charge in [-0.15, -0.1) is 0 Å². The number of amides is 1. The van der Waals surface area contributed by atoms with E-state index in [0.717, 1.165) is 11.3 Å². The molecule has 148 valence electrons. The highest BCUT2D eigenvalue weighted by Crippen LogP contribution is 2.26. The fourth-order valence-corrected chi connectivity index (χ4v) is 5.34. The summed E-state index contributed by atoms with van der Waals surface area (Å²) >= 11 is 0. The molecule has 0 saturated carbocycles. The molecule has 0 bridgehead atoms. The average molecular weight is 395 g/mol. The first kappa shape index (κ1) is 19.6. The number of rotatable bonds is 3. The van der Waals surface area contributed by atoms with Crippen molar-refractivity contribution in [3.8, 4) is 0 Å². The van der Waals surface area contributed by atoms with Gasteiger partial charge in [0.1, 0.15) is 22.1 Å². The molecule has 0 aromatic carbocycles. The van der Waals surface area contributed by atoms with Gasteiger partial charge in [0.25, 0.3) is 5.91 Å². The molecule has 9 heteroatoms. The molecule has 27 heavy (non-hydrogen) atoms. The predicted molar refractivity (Wildman–Crippen MR) is 98.2 cm³/mol. The molecule has 0 aliphatic carbocycles. The van der Waals surface area contributed by atoms with Gasteiger partial charge in [-0.2, -0.15) is 4.31 Å². The van der Waals surface area contributed by atoms with Crippen molar-refractivity contribution in [2.45, 2.75) is 45.9 Å². The first-order valence-corrected chi connectivity index (χ1v) is 10.4. The van der Waals surface area contributed by atoms with Crippen molar-refractivity contribution in [1.82, 2.24) is 14.4 Å². The molecule has 0 radical (unpaired) electrons. The van der Waals surface area contributed by atoms with Crippen LogP contribution in [0.15, 0.2) is 13.8 Å². The summed E-state index contributed by atoms with van der Waals surface area (Å²) in [5, 5.41) is 3.75. The maximum Gasteiger partial charge on any atom is 0.257 e. The second-order valence-corrected chi connectivity index (χ2v) is 8.79. The largest absolute Gasteiger partial charge is 0.466 e. The van der Waals surface area contributed by atoms with Crippen LogP contribution in [-0.4, -0.2) is 54.9 Å². The minimum atomic E-state index is -3.71. The molecule has 2 aromatic heterocycles. The minimum Gasteiger partial charge on any atom is -0.466 e. The number of sulfonamides is 1. The zero-order valence-corrected chi connectivity index (χ0v) is 17.1. The number of nitrogens with zero attached hydrogens (tertiary/aromatic N) is 3. The Kier molecular flexibility index (Phi) is 5.18. The van der Waals surface area contributed by atoms with Crippen molar-refractivity contribution in [3.05, 3.63) is 34.1 Å². The van der Waals surface area contributed by atoms with Gasteiger partial charge in [0.05, 0.1) is 5.56 Å². The molecule has 1 amide bonds. The molecule has 2 aromatic rings. The van der Waals surface area contributed by atoms with Crippen LogP contribution in [0.25, 0.3) is 0 Å². The molecule has 3 rings (SSSR count). The minimum absolute atomic E-state index is 0.113. The number of hydrogen-bond donors (Lipinski definition) is 0. The molecule has 1 aliphatic rings. The molecular weight excluding hydrogens is 370 g/mol. The summed E-state index contributed by atoms with van der Waals surface area (Å²) in [5.74, 6) is 1.50. The fourth-order valence-electron chi connectivity index (χ4n) is 3.58. The zero-order valence-electron chi connectivity index (χ0n) is 16.3. The first-order chi connectivity index (χ1) is 12.6. The summed E-state index contributed by atoms with van der Waals surface area (Å²) in [6.07, 6.45) is 0.559. The monoisotopic (exact) mass is 395 g/mol. The summed E-state index contributed by atoms with van der Waals surface area (Å²) in [7, 11) is -3.71. The smallest absolute Gasteiger partial charge is 0.257 e. The Morgan fingerprint density at radius 3 is 2.22 bits per heavy atom. The Morgan fingerprint density at radius 1 is 0.963 bits per heavy atom. The highest BCUT2D eigenvalue weighted by molar-refractivity contribution is 7.89. The Labute approximate surface area is 159 Å². The Balaban J connectivity index is 1.81. The highest BCUT2D eigenvalue weighted by atomic mass is 32.2. The standard InChI is InChI=1S/C18H25N3O5S/c1-11-13(3)25-14(4)16(11)18(22)20-7-6-8-21(10-9-20)27(23,24)17-12(2)19-26-15(17)5/h6-10H2,1-5H3. The van der Waals surface area contributed by atoms with Crippen LogP contribution < -0.4 is 0 Å². The van der Waals surface area contributed by atoms with Crippen molar-refractivity contribution in [2.24, 2.45) is 0 Å². The maximum absolute atomic E-state index is 13.0. The number of furan rings is 1. The van der Waals surface area contributed by atoms with E-state index in [0.29, 0.717) is 43.1 Å². The predicted octanol–water partition coefficient (Wildman–Crippen LogP) is 2.35. The lowest BCUT2D eigenvalue weighted by molar-refractivity contribution is 0.0762. The van der Waals surface area contributed by atoms with Crippen LogP contribution in [0.1, 0.15) is 45.3 Å². The molecule has 3 heterocycles. The fraction of sp³-hybridized carbons (Fsp3) is 0.556. The van der Waals surface area contributed by atoms with Crippen molar-refractivity contribution >= 4 is 15.9 Å². The Bertz CT molecular complexity index is 954. The van der Waals surface area contributed by atoms with Gasteiger partial charge in [0.15, 0.2) is 5.76 Å². The molecule has 0 spiro atoms. The van der Waals surface area contributed by atoms with E-state index in [2.05, 4.69) is 5.16 Å². The quantitative estimate of drug-likeness (QED) is 0.791. The molecule has 0 unspecified atom stereocenters. The number of hydrogen-bond acceptors (Lipinski definition) is 6. The number of carbonyl (C=O) groups excluding carboxylic acids is 1. The number of aromatic nitrogens is 1. The van der Waals surface area contributed by atoms with Crippen LogP contribution in [0.3, 0.4) is 0 Å². The first-order valence-electron chi connectivity index (χ1n) is 8.93. The Morgan fingerprint density at radius 2 is 1.67 bits per heavy atom. The van der Waals surface area contributed by atoms with Gasteiger partial charge in [-0.25, -0.2) is 8.42 Å².